The van der Waals surface area contributed by atoms with Crippen molar-refractivity contribution >= 4 is 33.6 Å². The van der Waals surface area contributed by atoms with E-state index in [1.165, 1.54) is 0 Å². The molecule has 1 aromatic heterocycles. The molecular formula is C9H7IN2. The highest BCUT2D eigenvalue weighted by atomic mass is 127. The molecule has 2 rings (SSSR count). The van der Waals surface area contributed by atoms with Gasteiger partial charge in [-0.05, 0) is 41.6 Å². The van der Waals surface area contributed by atoms with E-state index in [-0.39, 0.29) is 0 Å². The van der Waals surface area contributed by atoms with E-state index in [0.29, 0.717) is 0 Å². The van der Waals surface area contributed by atoms with Gasteiger partial charge in [0.1, 0.15) is 5.52 Å². The normalized spacial score (nSPS) is 10.5. The maximum absolute atomic E-state index is 4.37. The van der Waals surface area contributed by atoms with Crippen molar-refractivity contribution in [3.05, 3.63) is 33.7 Å². The lowest BCUT2D eigenvalue weighted by Gasteiger charge is -1.98. The molecule has 1 aromatic carbocycles. The first-order valence-corrected chi connectivity index (χ1v) is 4.73. The average molecular weight is 270 g/mol. The van der Waals surface area contributed by atoms with Crippen LogP contribution >= 0.6 is 22.6 Å². The number of nitrogens with zero attached hydrogens (tertiary/aromatic N) is 2. The van der Waals surface area contributed by atoms with Gasteiger partial charge >= 0.3 is 0 Å². The van der Waals surface area contributed by atoms with Gasteiger partial charge in [-0.3, -0.25) is 4.98 Å². The number of halogens is 1. The molecule has 0 amide bonds. The molecule has 0 N–H and O–H groups in total. The van der Waals surface area contributed by atoms with Crippen molar-refractivity contribution in [2.24, 2.45) is 0 Å². The van der Waals surface area contributed by atoms with E-state index in [4.69, 9.17) is 0 Å². The summed E-state index contributed by atoms with van der Waals surface area (Å²) in [4.78, 5) is 8.68. The minimum atomic E-state index is 0.963. The van der Waals surface area contributed by atoms with E-state index in [0.717, 1.165) is 20.3 Å². The third kappa shape index (κ3) is 1.29. The first kappa shape index (κ1) is 7.91. The number of fused-ring (bicyclic) bond motifs is 1. The van der Waals surface area contributed by atoms with Gasteiger partial charge in [-0.25, -0.2) is 4.98 Å². The zero-order chi connectivity index (χ0) is 8.55. The number of benzene rings is 1. The molecule has 0 atom stereocenters. The molecule has 0 aliphatic carbocycles. The highest BCUT2D eigenvalue weighted by Gasteiger charge is 1.99. The molecule has 0 radical (unpaired) electrons. The van der Waals surface area contributed by atoms with Gasteiger partial charge in [0, 0.05) is 9.77 Å². The van der Waals surface area contributed by atoms with Gasteiger partial charge in [0.2, 0.25) is 0 Å². The van der Waals surface area contributed by atoms with Gasteiger partial charge in [-0.2, -0.15) is 0 Å². The molecule has 3 heteroatoms. The lowest BCUT2D eigenvalue weighted by atomic mass is 10.3. The van der Waals surface area contributed by atoms with Crippen LogP contribution in [0.3, 0.4) is 0 Å². The van der Waals surface area contributed by atoms with Crippen LogP contribution in [0.4, 0.5) is 0 Å². The highest BCUT2D eigenvalue weighted by Crippen LogP contribution is 2.15. The quantitative estimate of drug-likeness (QED) is 0.687. The van der Waals surface area contributed by atoms with Gasteiger partial charge < -0.3 is 0 Å². The van der Waals surface area contributed by atoms with E-state index in [1.807, 2.05) is 25.1 Å². The summed E-state index contributed by atoms with van der Waals surface area (Å²) in [5.41, 5.74) is 2.93. The van der Waals surface area contributed by atoms with Crippen LogP contribution in [0.1, 0.15) is 5.69 Å². The Kier molecular flexibility index (Phi) is 1.96. The lowest BCUT2D eigenvalue weighted by Crippen LogP contribution is -1.88. The van der Waals surface area contributed by atoms with Crippen molar-refractivity contribution in [2.75, 3.05) is 0 Å². The Bertz CT molecular complexity index is 426. The fourth-order valence-corrected chi connectivity index (χ4v) is 1.72. The first-order chi connectivity index (χ1) is 5.77. The van der Waals surface area contributed by atoms with Crippen molar-refractivity contribution in [1.82, 2.24) is 9.97 Å². The lowest BCUT2D eigenvalue weighted by molar-refractivity contribution is 1.18. The van der Waals surface area contributed by atoms with Crippen LogP contribution in [-0.2, 0) is 0 Å². The summed E-state index contributed by atoms with van der Waals surface area (Å²) < 4.78 is 1.15. The van der Waals surface area contributed by atoms with Gasteiger partial charge in [0.05, 0.1) is 11.2 Å². The van der Waals surface area contributed by atoms with Crippen LogP contribution in [-0.4, -0.2) is 9.97 Å². The van der Waals surface area contributed by atoms with Crippen LogP contribution in [0.25, 0.3) is 11.0 Å². The molecule has 0 unspecified atom stereocenters. The molecule has 60 valence electrons. The second kappa shape index (κ2) is 2.97. The van der Waals surface area contributed by atoms with Crippen LogP contribution in [0.2, 0.25) is 0 Å². The van der Waals surface area contributed by atoms with Gasteiger partial charge in [0.25, 0.3) is 0 Å². The zero-order valence-electron chi connectivity index (χ0n) is 6.58. The molecule has 0 spiro atoms. The summed E-state index contributed by atoms with van der Waals surface area (Å²) >= 11 is 2.27. The smallest absolute Gasteiger partial charge is 0.102 e. The Morgan fingerprint density at radius 2 is 2.17 bits per heavy atom. The number of hydrogen-bond acceptors (Lipinski definition) is 2. The Labute approximate surface area is 84.2 Å². The van der Waals surface area contributed by atoms with Crippen LogP contribution in [0, 0.1) is 10.5 Å². The maximum Gasteiger partial charge on any atom is 0.102 e. The maximum atomic E-state index is 4.37. The molecule has 2 aromatic rings. The summed E-state index contributed by atoms with van der Waals surface area (Å²) in [7, 11) is 0. The SMILES string of the molecule is Cc1cnc2c(I)cccc2n1. The van der Waals surface area contributed by atoms with Crippen molar-refractivity contribution in [3.63, 3.8) is 0 Å². The number of aromatic nitrogens is 2. The molecule has 0 saturated heterocycles. The van der Waals surface area contributed by atoms with Crippen LogP contribution in [0.5, 0.6) is 0 Å². The standard InChI is InChI=1S/C9H7IN2/c1-6-5-11-9-7(10)3-2-4-8(9)12-6/h2-5H,1H3. The van der Waals surface area contributed by atoms with Gasteiger partial charge in [0.15, 0.2) is 0 Å². The number of rotatable bonds is 0. The number of aryl methyl sites for hydroxylation is 1. The van der Waals surface area contributed by atoms with Gasteiger partial charge in [-0.15, -0.1) is 0 Å². The number of para-hydroxylation sites is 1. The molecule has 1 heterocycles. The van der Waals surface area contributed by atoms with E-state index in [9.17, 15) is 0 Å². The molecule has 0 aliphatic rings. The van der Waals surface area contributed by atoms with Crippen molar-refractivity contribution in [3.8, 4) is 0 Å². The monoisotopic (exact) mass is 270 g/mol. The summed E-state index contributed by atoms with van der Waals surface area (Å²) in [6.45, 7) is 1.95. The van der Waals surface area contributed by atoms with E-state index >= 15 is 0 Å². The van der Waals surface area contributed by atoms with Crippen LogP contribution < -0.4 is 0 Å². The molecular weight excluding hydrogens is 263 g/mol. The Morgan fingerprint density at radius 3 is 3.00 bits per heavy atom. The van der Waals surface area contributed by atoms with Gasteiger partial charge in [-0.1, -0.05) is 6.07 Å². The zero-order valence-corrected chi connectivity index (χ0v) is 8.74. The minimum absolute atomic E-state index is 0.963. The second-order valence-corrected chi connectivity index (χ2v) is 3.78. The van der Waals surface area contributed by atoms with Crippen molar-refractivity contribution in [2.45, 2.75) is 6.92 Å². The topological polar surface area (TPSA) is 25.8 Å². The Hall–Kier alpha value is -0.710. The summed E-state index contributed by atoms with van der Waals surface area (Å²) in [5.74, 6) is 0. The largest absolute Gasteiger partial charge is 0.252 e. The third-order valence-corrected chi connectivity index (χ3v) is 2.51. The second-order valence-electron chi connectivity index (χ2n) is 2.62. The summed E-state index contributed by atoms with van der Waals surface area (Å²) in [5, 5.41) is 0. The predicted molar refractivity (Wildman–Crippen MR) is 57.0 cm³/mol. The Balaban J connectivity index is 2.86. The van der Waals surface area contributed by atoms with E-state index in [1.54, 1.807) is 6.20 Å². The first-order valence-electron chi connectivity index (χ1n) is 3.65. The number of hydrogen-bond donors (Lipinski definition) is 0. The molecule has 0 fully saturated rings. The Morgan fingerprint density at radius 1 is 1.33 bits per heavy atom. The predicted octanol–water partition coefficient (Wildman–Crippen LogP) is 2.54. The molecule has 2 nitrogen and oxygen atoms in total. The van der Waals surface area contributed by atoms with Crippen LogP contribution in [0.15, 0.2) is 24.4 Å². The van der Waals surface area contributed by atoms with Crippen molar-refractivity contribution < 1.29 is 0 Å². The molecule has 12 heavy (non-hydrogen) atoms. The van der Waals surface area contributed by atoms with Crippen molar-refractivity contribution in [1.29, 1.82) is 0 Å². The molecule has 0 bridgehead atoms. The molecule has 0 saturated carbocycles. The summed E-state index contributed by atoms with van der Waals surface area (Å²) in [6, 6.07) is 6.02. The molecule has 0 aliphatic heterocycles. The third-order valence-electron chi connectivity index (χ3n) is 1.64. The average Bonchev–Trinajstić information content (AvgIpc) is 2.04. The van der Waals surface area contributed by atoms with E-state index in [2.05, 4.69) is 32.6 Å². The van der Waals surface area contributed by atoms with E-state index < -0.39 is 0 Å². The minimum Gasteiger partial charge on any atom is -0.252 e. The summed E-state index contributed by atoms with van der Waals surface area (Å²) in [6.07, 6.45) is 1.80. The fraction of sp³-hybridized carbons (Fsp3) is 0.111. The highest BCUT2D eigenvalue weighted by molar-refractivity contribution is 14.1. The fourth-order valence-electron chi connectivity index (χ4n) is 1.10.